The van der Waals surface area contributed by atoms with Crippen molar-refractivity contribution >= 4 is 35.4 Å². The number of hydrogen-bond acceptors (Lipinski definition) is 7. The summed E-state index contributed by atoms with van der Waals surface area (Å²) in [6, 6.07) is 7.88. The van der Waals surface area contributed by atoms with Crippen LogP contribution in [0.25, 0.3) is 11.3 Å². The number of nitrogens with one attached hydrogen (secondary N) is 3. The van der Waals surface area contributed by atoms with E-state index in [1.165, 1.54) is 6.07 Å². The van der Waals surface area contributed by atoms with E-state index in [4.69, 9.17) is 9.72 Å². The Bertz CT molecular complexity index is 1690. The highest BCUT2D eigenvalue weighted by Crippen LogP contribution is 2.40. The molecule has 0 spiro atoms. The normalized spacial score (nSPS) is 19.4. The molecule has 3 amide bonds. The van der Waals surface area contributed by atoms with Crippen LogP contribution in [-0.4, -0.2) is 46.1 Å². The quantitative estimate of drug-likeness (QED) is 0.237. The summed E-state index contributed by atoms with van der Waals surface area (Å²) in [5.41, 5.74) is 1.65. The average Bonchev–Trinajstić information content (AvgIpc) is 3.85. The summed E-state index contributed by atoms with van der Waals surface area (Å²) in [4.78, 5) is 49.5. The number of nitrogens with zero attached hydrogens (tertiary/aromatic N) is 3. The fraction of sp³-hybridized carbons (Fsp3) is 0.457. The van der Waals surface area contributed by atoms with Gasteiger partial charge in [0.15, 0.2) is 5.82 Å². The lowest BCUT2D eigenvalue weighted by atomic mass is 9.86. The fourth-order valence-electron chi connectivity index (χ4n) is 6.08. The van der Waals surface area contributed by atoms with Gasteiger partial charge >= 0.3 is 12.0 Å². The van der Waals surface area contributed by atoms with E-state index in [1.54, 1.807) is 12.1 Å². The molecule has 0 bridgehead atoms. The number of urea groups is 1. The molecular formula is C35H40F2N6O4. The minimum atomic E-state index is -0.923. The molecule has 0 unspecified atom stereocenters. The summed E-state index contributed by atoms with van der Waals surface area (Å²) in [5.74, 6) is -1.76. The molecule has 6 rings (SSSR count). The molecule has 0 radical (unpaired) electrons. The number of halogens is 2. The zero-order valence-corrected chi connectivity index (χ0v) is 27.1. The van der Waals surface area contributed by atoms with Crippen LogP contribution < -0.4 is 20.9 Å². The Morgan fingerprint density at radius 3 is 2.38 bits per heavy atom. The summed E-state index contributed by atoms with van der Waals surface area (Å²) in [5, 5.41) is 9.06. The molecular weight excluding hydrogens is 606 g/mol. The highest BCUT2D eigenvalue weighted by molar-refractivity contribution is 6.02. The van der Waals surface area contributed by atoms with Crippen LogP contribution in [0.5, 0.6) is 0 Å². The van der Waals surface area contributed by atoms with E-state index in [-0.39, 0.29) is 42.1 Å². The Morgan fingerprint density at radius 2 is 1.72 bits per heavy atom. The molecule has 0 saturated heterocycles. The Kier molecular flexibility index (Phi) is 8.86. The van der Waals surface area contributed by atoms with Gasteiger partial charge in [0.2, 0.25) is 5.95 Å². The second kappa shape index (κ2) is 12.9. The number of aromatic nitrogens is 2. The number of ether oxygens (including phenoxy) is 1. The molecule has 1 aromatic heterocycles. The van der Waals surface area contributed by atoms with Gasteiger partial charge in [-0.05, 0) is 102 Å². The van der Waals surface area contributed by atoms with Crippen molar-refractivity contribution in [2.75, 3.05) is 16.8 Å². The van der Waals surface area contributed by atoms with E-state index < -0.39 is 29.0 Å². The molecule has 2 aliphatic carbocycles. The van der Waals surface area contributed by atoms with Gasteiger partial charge in [0, 0.05) is 29.3 Å². The summed E-state index contributed by atoms with van der Waals surface area (Å²) < 4.78 is 35.9. The van der Waals surface area contributed by atoms with E-state index in [0.29, 0.717) is 60.5 Å². The number of amides is 3. The maximum atomic E-state index is 15.1. The number of benzene rings is 2. The lowest BCUT2D eigenvalue weighted by Crippen LogP contribution is -2.43. The molecule has 3 aromatic rings. The van der Waals surface area contributed by atoms with Crippen molar-refractivity contribution in [3.63, 3.8) is 0 Å². The first-order valence-corrected chi connectivity index (χ1v) is 16.2. The van der Waals surface area contributed by atoms with Crippen LogP contribution in [0.2, 0.25) is 0 Å². The SMILES string of the molecule is Cc1ccc(C(=O)NCC2CC2)cc1-c1nc(NC2CCC(C(=O)OC(C)(C)C)CC2)nc2c1CNC(=O)N2c1c(F)cccc1F. The molecule has 10 nitrogen and oxygen atoms in total. The van der Waals surface area contributed by atoms with Gasteiger partial charge < -0.3 is 20.7 Å². The summed E-state index contributed by atoms with van der Waals surface area (Å²) in [6.45, 7) is 8.04. The van der Waals surface area contributed by atoms with Gasteiger partial charge in [-0.1, -0.05) is 12.1 Å². The maximum absolute atomic E-state index is 15.1. The number of para-hydroxylation sites is 1. The van der Waals surface area contributed by atoms with Crippen LogP contribution in [0.1, 0.15) is 80.8 Å². The summed E-state index contributed by atoms with van der Waals surface area (Å²) in [6.07, 6.45) is 4.71. The van der Waals surface area contributed by atoms with Crippen molar-refractivity contribution < 1.29 is 27.9 Å². The molecule has 12 heteroatoms. The van der Waals surface area contributed by atoms with Crippen molar-refractivity contribution in [3.8, 4) is 11.3 Å². The molecule has 0 atom stereocenters. The van der Waals surface area contributed by atoms with Gasteiger partial charge in [-0.25, -0.2) is 23.5 Å². The van der Waals surface area contributed by atoms with E-state index in [2.05, 4.69) is 20.9 Å². The molecule has 2 aromatic carbocycles. The zero-order chi connectivity index (χ0) is 33.5. The molecule has 2 saturated carbocycles. The van der Waals surface area contributed by atoms with Crippen LogP contribution in [0.15, 0.2) is 36.4 Å². The molecule has 2 heterocycles. The van der Waals surface area contributed by atoms with E-state index in [9.17, 15) is 14.4 Å². The largest absolute Gasteiger partial charge is 0.460 e. The van der Waals surface area contributed by atoms with Crippen molar-refractivity contribution in [1.29, 1.82) is 0 Å². The van der Waals surface area contributed by atoms with Gasteiger partial charge in [-0.3, -0.25) is 9.59 Å². The van der Waals surface area contributed by atoms with Gasteiger partial charge in [0.1, 0.15) is 22.9 Å². The van der Waals surface area contributed by atoms with Crippen molar-refractivity contribution in [2.45, 2.75) is 84.4 Å². The van der Waals surface area contributed by atoms with Gasteiger partial charge in [0.05, 0.1) is 18.2 Å². The van der Waals surface area contributed by atoms with Crippen LogP contribution in [0, 0.1) is 30.4 Å². The zero-order valence-electron chi connectivity index (χ0n) is 27.1. The van der Waals surface area contributed by atoms with E-state index in [1.807, 2.05) is 33.8 Å². The number of carbonyl (C=O) groups excluding carboxylic acids is 3. The van der Waals surface area contributed by atoms with E-state index in [0.717, 1.165) is 35.4 Å². The molecule has 248 valence electrons. The highest BCUT2D eigenvalue weighted by atomic mass is 19.1. The number of hydrogen-bond donors (Lipinski definition) is 3. The first kappa shape index (κ1) is 32.3. The number of aryl methyl sites for hydroxylation is 1. The van der Waals surface area contributed by atoms with Gasteiger partial charge in [-0.2, -0.15) is 4.98 Å². The van der Waals surface area contributed by atoms with Crippen LogP contribution in [0.3, 0.4) is 0 Å². The number of esters is 1. The van der Waals surface area contributed by atoms with Gasteiger partial charge in [0.25, 0.3) is 5.91 Å². The third-order valence-electron chi connectivity index (χ3n) is 8.78. The molecule has 47 heavy (non-hydrogen) atoms. The minimum absolute atomic E-state index is 0.00882. The van der Waals surface area contributed by atoms with Crippen molar-refractivity contribution in [2.24, 2.45) is 11.8 Å². The first-order chi connectivity index (χ1) is 22.4. The van der Waals surface area contributed by atoms with Crippen LogP contribution in [0.4, 0.5) is 31.0 Å². The smallest absolute Gasteiger partial charge is 0.328 e. The van der Waals surface area contributed by atoms with Crippen LogP contribution >= 0.6 is 0 Å². The third kappa shape index (κ3) is 7.21. The lowest BCUT2D eigenvalue weighted by Gasteiger charge is -2.32. The second-order valence-corrected chi connectivity index (χ2v) is 13.7. The highest BCUT2D eigenvalue weighted by Gasteiger charge is 2.35. The van der Waals surface area contributed by atoms with Gasteiger partial charge in [-0.15, -0.1) is 0 Å². The summed E-state index contributed by atoms with van der Waals surface area (Å²) >= 11 is 0. The molecule has 3 N–H and O–H groups in total. The Hall–Kier alpha value is -4.61. The Morgan fingerprint density at radius 1 is 1.02 bits per heavy atom. The number of carbonyl (C=O) groups is 3. The number of anilines is 3. The van der Waals surface area contributed by atoms with E-state index >= 15 is 8.78 Å². The molecule has 3 aliphatic rings. The average molecular weight is 647 g/mol. The topological polar surface area (TPSA) is 126 Å². The number of rotatable bonds is 8. The summed E-state index contributed by atoms with van der Waals surface area (Å²) in [7, 11) is 0. The predicted octanol–water partition coefficient (Wildman–Crippen LogP) is 6.54. The van der Waals surface area contributed by atoms with Crippen molar-refractivity contribution in [1.82, 2.24) is 20.6 Å². The second-order valence-electron chi connectivity index (χ2n) is 13.7. The Balaban J connectivity index is 1.37. The number of fused-ring (bicyclic) bond motifs is 1. The minimum Gasteiger partial charge on any atom is -0.460 e. The first-order valence-electron chi connectivity index (χ1n) is 16.2. The van der Waals surface area contributed by atoms with Crippen LogP contribution in [-0.2, 0) is 16.1 Å². The monoisotopic (exact) mass is 646 g/mol. The lowest BCUT2D eigenvalue weighted by molar-refractivity contribution is -0.161. The Labute approximate surface area is 272 Å². The third-order valence-corrected chi connectivity index (χ3v) is 8.78. The standard InChI is InChI=1S/C35H40F2N6O4/c1-19-8-11-22(31(44)38-17-20-9-10-20)16-24(19)28-25-18-39-34(46)43(29-26(36)6-5-7-27(29)37)30(25)42-33(41-28)40-23-14-12-21(13-15-23)32(45)47-35(2,3)4/h5-8,11,16,20-21,23H,9-10,12-15,17-18H2,1-4H3,(H,38,44)(H,39,46)(H,40,41,42). The maximum Gasteiger partial charge on any atom is 0.328 e. The predicted molar refractivity (Wildman–Crippen MR) is 173 cm³/mol. The fourth-order valence-corrected chi connectivity index (χ4v) is 6.08. The molecule has 2 fully saturated rings. The van der Waals surface area contributed by atoms with Crippen molar-refractivity contribution in [3.05, 3.63) is 64.7 Å². The molecule has 1 aliphatic heterocycles.